The number of halogens is 2. The molecular weight excluding hydrogens is 257 g/mol. The SMILES string of the molecule is CCNCc1oc2c(Cl)ccc(Cl)c2c1CC. The lowest BCUT2D eigenvalue weighted by atomic mass is 10.1. The van der Waals surface area contributed by atoms with Gasteiger partial charge in [-0.3, -0.25) is 0 Å². The van der Waals surface area contributed by atoms with Gasteiger partial charge < -0.3 is 9.73 Å². The number of fused-ring (bicyclic) bond motifs is 1. The van der Waals surface area contributed by atoms with E-state index in [1.54, 1.807) is 6.07 Å². The number of hydrogen-bond donors (Lipinski definition) is 1. The van der Waals surface area contributed by atoms with Gasteiger partial charge in [-0.1, -0.05) is 37.0 Å². The first-order valence-electron chi connectivity index (χ1n) is 5.78. The van der Waals surface area contributed by atoms with Crippen molar-refractivity contribution in [2.75, 3.05) is 6.54 Å². The molecular formula is C13H15Cl2NO. The first-order chi connectivity index (χ1) is 8.19. The molecule has 2 aromatic rings. The van der Waals surface area contributed by atoms with Gasteiger partial charge in [0.15, 0.2) is 5.58 Å². The van der Waals surface area contributed by atoms with Crippen molar-refractivity contribution in [2.24, 2.45) is 0 Å². The van der Waals surface area contributed by atoms with E-state index in [9.17, 15) is 0 Å². The summed E-state index contributed by atoms with van der Waals surface area (Å²) in [5.41, 5.74) is 1.84. The molecule has 4 heteroatoms. The quantitative estimate of drug-likeness (QED) is 0.891. The third-order valence-corrected chi connectivity index (χ3v) is 3.42. The molecule has 2 nitrogen and oxygen atoms in total. The minimum absolute atomic E-state index is 0.613. The van der Waals surface area contributed by atoms with E-state index in [1.807, 2.05) is 6.07 Å². The van der Waals surface area contributed by atoms with Gasteiger partial charge in [-0.25, -0.2) is 0 Å². The van der Waals surface area contributed by atoms with Crippen LogP contribution in [0.1, 0.15) is 25.2 Å². The Morgan fingerprint density at radius 3 is 2.53 bits per heavy atom. The van der Waals surface area contributed by atoms with Crippen LogP contribution in [0.5, 0.6) is 0 Å². The van der Waals surface area contributed by atoms with Crippen molar-refractivity contribution in [2.45, 2.75) is 26.8 Å². The van der Waals surface area contributed by atoms with Crippen LogP contribution in [0, 0.1) is 0 Å². The first-order valence-corrected chi connectivity index (χ1v) is 6.53. The summed E-state index contributed by atoms with van der Waals surface area (Å²) in [5.74, 6) is 0.930. The first kappa shape index (κ1) is 12.7. The summed E-state index contributed by atoms with van der Waals surface area (Å²) >= 11 is 12.4. The molecule has 1 aromatic heterocycles. The lowest BCUT2D eigenvalue weighted by Crippen LogP contribution is -2.12. The van der Waals surface area contributed by atoms with Gasteiger partial charge in [0.25, 0.3) is 0 Å². The molecule has 17 heavy (non-hydrogen) atoms. The molecule has 2 rings (SSSR count). The molecule has 0 fully saturated rings. The van der Waals surface area contributed by atoms with Crippen molar-refractivity contribution in [1.29, 1.82) is 0 Å². The maximum Gasteiger partial charge on any atom is 0.154 e. The van der Waals surface area contributed by atoms with Crippen LogP contribution >= 0.6 is 23.2 Å². The van der Waals surface area contributed by atoms with Gasteiger partial charge in [0.1, 0.15) is 5.76 Å². The van der Waals surface area contributed by atoms with Gasteiger partial charge >= 0.3 is 0 Å². The highest BCUT2D eigenvalue weighted by Gasteiger charge is 2.17. The molecule has 0 aliphatic rings. The molecule has 1 heterocycles. The summed E-state index contributed by atoms with van der Waals surface area (Å²) < 4.78 is 5.82. The zero-order valence-electron chi connectivity index (χ0n) is 9.94. The highest BCUT2D eigenvalue weighted by atomic mass is 35.5. The molecule has 0 saturated heterocycles. The second-order valence-electron chi connectivity index (χ2n) is 3.87. The Morgan fingerprint density at radius 1 is 1.18 bits per heavy atom. The van der Waals surface area contributed by atoms with Crippen LogP contribution in [0.15, 0.2) is 16.5 Å². The van der Waals surface area contributed by atoms with E-state index in [1.165, 1.54) is 0 Å². The summed E-state index contributed by atoms with van der Waals surface area (Å²) in [6.45, 7) is 5.77. The minimum Gasteiger partial charge on any atom is -0.458 e. The van der Waals surface area contributed by atoms with Crippen molar-refractivity contribution in [3.8, 4) is 0 Å². The van der Waals surface area contributed by atoms with Gasteiger partial charge in [-0.2, -0.15) is 0 Å². The smallest absolute Gasteiger partial charge is 0.154 e. The predicted octanol–water partition coefficient (Wildman–Crippen LogP) is 4.41. The van der Waals surface area contributed by atoms with Gasteiger partial charge in [0, 0.05) is 10.9 Å². The monoisotopic (exact) mass is 271 g/mol. The van der Waals surface area contributed by atoms with Crippen molar-refractivity contribution in [1.82, 2.24) is 5.32 Å². The Kier molecular flexibility index (Phi) is 3.97. The highest BCUT2D eigenvalue weighted by Crippen LogP contribution is 2.36. The summed E-state index contributed by atoms with van der Waals surface area (Å²) in [5, 5.41) is 5.53. The van der Waals surface area contributed by atoms with Crippen LogP contribution in [-0.2, 0) is 13.0 Å². The second-order valence-corrected chi connectivity index (χ2v) is 4.69. The van der Waals surface area contributed by atoms with Crippen LogP contribution in [0.3, 0.4) is 0 Å². The van der Waals surface area contributed by atoms with Crippen LogP contribution in [0.25, 0.3) is 11.0 Å². The summed E-state index contributed by atoms with van der Waals surface area (Å²) in [4.78, 5) is 0. The van der Waals surface area contributed by atoms with Crippen molar-refractivity contribution < 1.29 is 4.42 Å². The van der Waals surface area contributed by atoms with Crippen LogP contribution < -0.4 is 5.32 Å². The Labute approximate surface area is 111 Å². The van der Waals surface area contributed by atoms with E-state index in [2.05, 4.69) is 19.2 Å². The maximum absolute atomic E-state index is 6.22. The van der Waals surface area contributed by atoms with E-state index in [4.69, 9.17) is 27.6 Å². The zero-order chi connectivity index (χ0) is 12.4. The molecule has 0 saturated carbocycles. The topological polar surface area (TPSA) is 25.2 Å². The third kappa shape index (κ3) is 2.30. The molecule has 0 spiro atoms. The van der Waals surface area contributed by atoms with Crippen molar-refractivity contribution in [3.05, 3.63) is 33.5 Å². The normalized spacial score (nSPS) is 11.3. The zero-order valence-corrected chi connectivity index (χ0v) is 11.5. The second kappa shape index (κ2) is 5.30. The fraction of sp³-hybridized carbons (Fsp3) is 0.385. The van der Waals surface area contributed by atoms with Crippen LogP contribution in [0.2, 0.25) is 10.0 Å². The van der Waals surface area contributed by atoms with E-state index in [0.717, 1.165) is 29.7 Å². The van der Waals surface area contributed by atoms with Gasteiger partial charge in [0.05, 0.1) is 16.6 Å². The number of benzene rings is 1. The minimum atomic E-state index is 0.613. The fourth-order valence-electron chi connectivity index (χ4n) is 1.99. The standard InChI is InChI=1S/C13H15Cl2NO/c1-3-8-11(7-16-4-2)17-13-10(15)6-5-9(14)12(8)13/h5-6,16H,3-4,7H2,1-2H3. The Balaban J connectivity index is 2.62. The lowest BCUT2D eigenvalue weighted by Gasteiger charge is -2.01. The third-order valence-electron chi connectivity index (χ3n) is 2.81. The largest absolute Gasteiger partial charge is 0.458 e. The maximum atomic E-state index is 6.22. The molecule has 0 atom stereocenters. The van der Waals surface area contributed by atoms with Crippen LogP contribution in [-0.4, -0.2) is 6.54 Å². The molecule has 0 radical (unpaired) electrons. The van der Waals surface area contributed by atoms with Crippen molar-refractivity contribution >= 4 is 34.2 Å². The molecule has 0 amide bonds. The van der Waals surface area contributed by atoms with E-state index in [-0.39, 0.29) is 0 Å². The summed E-state index contributed by atoms with van der Waals surface area (Å²) in [6.07, 6.45) is 0.883. The summed E-state index contributed by atoms with van der Waals surface area (Å²) in [7, 11) is 0. The number of hydrogen-bond acceptors (Lipinski definition) is 2. The number of nitrogens with one attached hydrogen (secondary N) is 1. The van der Waals surface area contributed by atoms with Crippen molar-refractivity contribution in [3.63, 3.8) is 0 Å². The Hall–Kier alpha value is -0.700. The van der Waals surface area contributed by atoms with Gasteiger partial charge in [-0.15, -0.1) is 0 Å². The number of furan rings is 1. The molecule has 1 N–H and O–H groups in total. The van der Waals surface area contributed by atoms with E-state index < -0.39 is 0 Å². The number of aryl methyl sites for hydroxylation is 1. The van der Waals surface area contributed by atoms with E-state index >= 15 is 0 Å². The Morgan fingerprint density at radius 2 is 1.88 bits per heavy atom. The fourth-order valence-corrected chi connectivity index (χ4v) is 2.45. The molecule has 0 bridgehead atoms. The molecule has 0 unspecified atom stereocenters. The number of rotatable bonds is 4. The average Bonchev–Trinajstić information content (AvgIpc) is 2.71. The average molecular weight is 272 g/mol. The molecule has 0 aliphatic carbocycles. The van der Waals surface area contributed by atoms with Gasteiger partial charge in [0.2, 0.25) is 0 Å². The lowest BCUT2D eigenvalue weighted by molar-refractivity contribution is 0.514. The Bertz CT molecular complexity index is 534. The molecule has 0 aliphatic heterocycles. The molecule has 1 aromatic carbocycles. The van der Waals surface area contributed by atoms with Crippen LogP contribution in [0.4, 0.5) is 0 Å². The van der Waals surface area contributed by atoms with Gasteiger partial charge in [-0.05, 0) is 25.1 Å². The molecule has 92 valence electrons. The highest BCUT2D eigenvalue weighted by molar-refractivity contribution is 6.40. The predicted molar refractivity (Wildman–Crippen MR) is 73.0 cm³/mol. The summed E-state index contributed by atoms with van der Waals surface area (Å²) in [6, 6.07) is 3.59. The van der Waals surface area contributed by atoms with E-state index in [0.29, 0.717) is 22.2 Å².